The van der Waals surface area contributed by atoms with Crippen molar-refractivity contribution < 1.29 is 4.74 Å². The van der Waals surface area contributed by atoms with Crippen molar-refractivity contribution in [2.24, 2.45) is 5.92 Å². The largest absolute Gasteiger partial charge is 0.397 e. The second-order valence-electron chi connectivity index (χ2n) is 4.48. The average molecular weight is 255 g/mol. The molecule has 0 amide bonds. The normalized spacial score (nSPS) is 23.9. The lowest BCUT2D eigenvalue weighted by Crippen LogP contribution is -2.23. The third-order valence-corrected chi connectivity index (χ3v) is 3.55. The standard InChI is InChI=1S/C13H19ClN2O/c1-2-13-9(5-6-17-13)8-16-12-7-10(14)3-4-11(12)15/h3-4,7,9,13,16H,2,5-6,8,15H2,1H3. The van der Waals surface area contributed by atoms with Gasteiger partial charge in [0.15, 0.2) is 0 Å². The summed E-state index contributed by atoms with van der Waals surface area (Å²) in [6.45, 7) is 3.93. The molecule has 3 nitrogen and oxygen atoms in total. The summed E-state index contributed by atoms with van der Waals surface area (Å²) in [4.78, 5) is 0. The Labute approximate surface area is 107 Å². The molecule has 1 aromatic rings. The topological polar surface area (TPSA) is 47.3 Å². The van der Waals surface area contributed by atoms with Crippen LogP contribution in [-0.2, 0) is 4.74 Å². The highest BCUT2D eigenvalue weighted by Gasteiger charge is 2.26. The van der Waals surface area contributed by atoms with Gasteiger partial charge in [0, 0.05) is 24.1 Å². The predicted molar refractivity (Wildman–Crippen MR) is 72.5 cm³/mol. The molecule has 0 aliphatic carbocycles. The van der Waals surface area contributed by atoms with Crippen LogP contribution in [0.25, 0.3) is 0 Å². The number of ether oxygens (including phenoxy) is 1. The number of nitrogens with one attached hydrogen (secondary N) is 1. The molecule has 4 heteroatoms. The van der Waals surface area contributed by atoms with Crippen LogP contribution in [0.4, 0.5) is 11.4 Å². The Bertz CT molecular complexity index is 384. The first-order valence-corrected chi connectivity index (χ1v) is 6.49. The van der Waals surface area contributed by atoms with Gasteiger partial charge < -0.3 is 15.8 Å². The number of anilines is 2. The average Bonchev–Trinajstić information content (AvgIpc) is 2.77. The first-order chi connectivity index (χ1) is 8.20. The molecule has 1 fully saturated rings. The minimum Gasteiger partial charge on any atom is -0.397 e. The highest BCUT2D eigenvalue weighted by Crippen LogP contribution is 2.27. The van der Waals surface area contributed by atoms with Gasteiger partial charge in [-0.3, -0.25) is 0 Å². The molecular weight excluding hydrogens is 236 g/mol. The van der Waals surface area contributed by atoms with E-state index in [0.29, 0.717) is 17.0 Å². The van der Waals surface area contributed by atoms with Crippen LogP contribution < -0.4 is 11.1 Å². The molecule has 1 aliphatic heterocycles. The van der Waals surface area contributed by atoms with E-state index < -0.39 is 0 Å². The van der Waals surface area contributed by atoms with E-state index >= 15 is 0 Å². The lowest BCUT2D eigenvalue weighted by Gasteiger charge is -2.18. The van der Waals surface area contributed by atoms with Crippen molar-refractivity contribution in [3.63, 3.8) is 0 Å². The van der Waals surface area contributed by atoms with Crippen molar-refractivity contribution in [3.8, 4) is 0 Å². The van der Waals surface area contributed by atoms with Crippen LogP contribution in [0.5, 0.6) is 0 Å². The van der Waals surface area contributed by atoms with Crippen molar-refractivity contribution >= 4 is 23.0 Å². The van der Waals surface area contributed by atoms with Gasteiger partial charge in [-0.1, -0.05) is 18.5 Å². The van der Waals surface area contributed by atoms with Crippen LogP contribution >= 0.6 is 11.6 Å². The minimum absolute atomic E-state index is 0.378. The van der Waals surface area contributed by atoms with E-state index in [-0.39, 0.29) is 0 Å². The third kappa shape index (κ3) is 3.05. The molecule has 94 valence electrons. The summed E-state index contributed by atoms with van der Waals surface area (Å²) >= 11 is 5.95. The Hall–Kier alpha value is -0.930. The van der Waals surface area contributed by atoms with Crippen molar-refractivity contribution in [3.05, 3.63) is 23.2 Å². The van der Waals surface area contributed by atoms with Gasteiger partial charge in [-0.2, -0.15) is 0 Å². The van der Waals surface area contributed by atoms with Gasteiger partial charge in [-0.15, -0.1) is 0 Å². The molecule has 1 heterocycles. The van der Waals surface area contributed by atoms with E-state index in [0.717, 1.165) is 37.4 Å². The molecule has 0 spiro atoms. The molecule has 2 atom stereocenters. The molecule has 0 saturated carbocycles. The maximum atomic E-state index is 5.95. The van der Waals surface area contributed by atoms with Gasteiger partial charge in [-0.25, -0.2) is 0 Å². The molecule has 1 aromatic carbocycles. The zero-order valence-electron chi connectivity index (χ0n) is 10.1. The summed E-state index contributed by atoms with van der Waals surface area (Å²) in [6.07, 6.45) is 2.56. The SMILES string of the molecule is CCC1OCCC1CNc1cc(Cl)ccc1N. The number of benzene rings is 1. The predicted octanol–water partition coefficient (Wildman–Crippen LogP) is 3.15. The van der Waals surface area contributed by atoms with E-state index in [4.69, 9.17) is 22.1 Å². The third-order valence-electron chi connectivity index (χ3n) is 3.32. The van der Waals surface area contributed by atoms with Crippen molar-refractivity contribution in [1.29, 1.82) is 0 Å². The summed E-state index contributed by atoms with van der Waals surface area (Å²) in [6, 6.07) is 5.50. The number of rotatable bonds is 4. The minimum atomic E-state index is 0.378. The molecule has 0 aromatic heterocycles. The summed E-state index contributed by atoms with van der Waals surface area (Å²) in [5, 5.41) is 4.08. The Morgan fingerprint density at radius 2 is 2.35 bits per heavy atom. The Morgan fingerprint density at radius 1 is 1.53 bits per heavy atom. The summed E-state index contributed by atoms with van der Waals surface area (Å²) in [5.74, 6) is 0.568. The molecule has 2 rings (SSSR count). The first kappa shape index (κ1) is 12.5. The zero-order valence-corrected chi connectivity index (χ0v) is 10.8. The molecule has 0 radical (unpaired) electrons. The molecular formula is C13H19ClN2O. The monoisotopic (exact) mass is 254 g/mol. The molecule has 0 bridgehead atoms. The fourth-order valence-electron chi connectivity index (χ4n) is 2.30. The summed E-state index contributed by atoms with van der Waals surface area (Å²) in [7, 11) is 0. The highest BCUT2D eigenvalue weighted by molar-refractivity contribution is 6.31. The Kier molecular flexibility index (Phi) is 4.13. The van der Waals surface area contributed by atoms with E-state index in [2.05, 4.69) is 12.2 Å². The summed E-state index contributed by atoms with van der Waals surface area (Å²) < 4.78 is 5.66. The van der Waals surface area contributed by atoms with Gasteiger partial charge in [0.25, 0.3) is 0 Å². The van der Waals surface area contributed by atoms with Crippen LogP contribution in [0.15, 0.2) is 18.2 Å². The van der Waals surface area contributed by atoms with Crippen LogP contribution in [0, 0.1) is 5.92 Å². The number of nitrogens with two attached hydrogens (primary N) is 1. The highest BCUT2D eigenvalue weighted by atomic mass is 35.5. The van der Waals surface area contributed by atoms with Crippen molar-refractivity contribution in [1.82, 2.24) is 0 Å². The second-order valence-corrected chi connectivity index (χ2v) is 4.92. The van der Waals surface area contributed by atoms with Gasteiger partial charge >= 0.3 is 0 Å². The maximum Gasteiger partial charge on any atom is 0.0618 e. The number of halogens is 1. The van der Waals surface area contributed by atoms with Gasteiger partial charge in [-0.05, 0) is 31.0 Å². The molecule has 2 unspecified atom stereocenters. The summed E-state index contributed by atoms with van der Waals surface area (Å²) in [5.41, 5.74) is 7.54. The number of hydrogen-bond acceptors (Lipinski definition) is 3. The quantitative estimate of drug-likeness (QED) is 0.812. The van der Waals surface area contributed by atoms with E-state index in [9.17, 15) is 0 Å². The lowest BCUT2D eigenvalue weighted by atomic mass is 9.99. The number of nitrogen functional groups attached to an aromatic ring is 1. The zero-order chi connectivity index (χ0) is 12.3. The molecule has 1 aliphatic rings. The fraction of sp³-hybridized carbons (Fsp3) is 0.538. The van der Waals surface area contributed by atoms with Gasteiger partial charge in [0.05, 0.1) is 17.5 Å². The van der Waals surface area contributed by atoms with E-state index in [1.54, 1.807) is 6.07 Å². The van der Waals surface area contributed by atoms with E-state index in [1.165, 1.54) is 0 Å². The van der Waals surface area contributed by atoms with Crippen LogP contribution in [0.2, 0.25) is 5.02 Å². The molecule has 1 saturated heterocycles. The van der Waals surface area contributed by atoms with Crippen molar-refractivity contribution in [2.45, 2.75) is 25.9 Å². The van der Waals surface area contributed by atoms with Crippen LogP contribution in [0.3, 0.4) is 0 Å². The van der Waals surface area contributed by atoms with Gasteiger partial charge in [0.1, 0.15) is 0 Å². The Morgan fingerprint density at radius 3 is 3.12 bits per heavy atom. The molecule has 17 heavy (non-hydrogen) atoms. The van der Waals surface area contributed by atoms with Crippen LogP contribution in [-0.4, -0.2) is 19.3 Å². The van der Waals surface area contributed by atoms with Crippen molar-refractivity contribution in [2.75, 3.05) is 24.2 Å². The Balaban J connectivity index is 1.95. The second kappa shape index (κ2) is 5.61. The maximum absolute atomic E-state index is 5.95. The first-order valence-electron chi connectivity index (χ1n) is 6.11. The fourth-order valence-corrected chi connectivity index (χ4v) is 2.47. The van der Waals surface area contributed by atoms with E-state index in [1.807, 2.05) is 12.1 Å². The smallest absolute Gasteiger partial charge is 0.0618 e. The van der Waals surface area contributed by atoms with Gasteiger partial charge in [0.2, 0.25) is 0 Å². The van der Waals surface area contributed by atoms with Crippen LogP contribution in [0.1, 0.15) is 19.8 Å². The lowest BCUT2D eigenvalue weighted by molar-refractivity contribution is 0.0900. The molecule has 3 N–H and O–H groups in total. The number of hydrogen-bond donors (Lipinski definition) is 2.